The van der Waals surface area contributed by atoms with Crippen molar-refractivity contribution in [3.8, 4) is 0 Å². The van der Waals surface area contributed by atoms with Crippen molar-refractivity contribution in [2.75, 3.05) is 20.1 Å². The van der Waals surface area contributed by atoms with Crippen LogP contribution >= 0.6 is 0 Å². The zero-order valence-electron chi connectivity index (χ0n) is 9.59. The van der Waals surface area contributed by atoms with Crippen LogP contribution in [0, 0.1) is 0 Å². The van der Waals surface area contributed by atoms with E-state index < -0.39 is 0 Å². The van der Waals surface area contributed by atoms with Crippen LogP contribution in [-0.4, -0.2) is 46.5 Å². The SMILES string of the molecule is CN(C(=O)CCn1ccnc1)C1CCNC1. The summed E-state index contributed by atoms with van der Waals surface area (Å²) in [6.07, 6.45) is 6.96. The molecule has 16 heavy (non-hydrogen) atoms. The number of aromatic nitrogens is 2. The number of hydrogen-bond acceptors (Lipinski definition) is 3. The summed E-state index contributed by atoms with van der Waals surface area (Å²) in [4.78, 5) is 17.7. The predicted molar refractivity (Wildman–Crippen MR) is 60.9 cm³/mol. The zero-order chi connectivity index (χ0) is 11.4. The van der Waals surface area contributed by atoms with Crippen LogP contribution in [0.15, 0.2) is 18.7 Å². The zero-order valence-corrected chi connectivity index (χ0v) is 9.59. The highest BCUT2D eigenvalue weighted by Gasteiger charge is 2.22. The molecule has 1 aliphatic heterocycles. The van der Waals surface area contributed by atoms with E-state index in [9.17, 15) is 4.79 Å². The first-order valence-electron chi connectivity index (χ1n) is 5.69. The molecular formula is C11H18N4O. The molecule has 1 aromatic rings. The highest BCUT2D eigenvalue weighted by molar-refractivity contribution is 5.76. The number of amides is 1. The molecule has 2 heterocycles. The van der Waals surface area contributed by atoms with E-state index in [1.807, 2.05) is 22.7 Å². The van der Waals surface area contributed by atoms with E-state index in [1.54, 1.807) is 12.5 Å². The summed E-state index contributed by atoms with van der Waals surface area (Å²) in [5, 5.41) is 3.27. The summed E-state index contributed by atoms with van der Waals surface area (Å²) in [5.74, 6) is 0.211. The van der Waals surface area contributed by atoms with Crippen molar-refractivity contribution in [2.24, 2.45) is 0 Å². The Labute approximate surface area is 95.5 Å². The molecule has 2 rings (SSSR count). The van der Waals surface area contributed by atoms with Gasteiger partial charge in [0.05, 0.1) is 6.33 Å². The Balaban J connectivity index is 1.78. The van der Waals surface area contributed by atoms with Crippen molar-refractivity contribution in [1.29, 1.82) is 0 Å². The normalized spacial score (nSPS) is 19.9. The minimum atomic E-state index is 0.211. The molecule has 1 amide bonds. The fourth-order valence-electron chi connectivity index (χ4n) is 1.99. The van der Waals surface area contributed by atoms with Crippen molar-refractivity contribution in [1.82, 2.24) is 19.8 Å². The maximum atomic E-state index is 11.9. The van der Waals surface area contributed by atoms with Gasteiger partial charge in [0.1, 0.15) is 0 Å². The van der Waals surface area contributed by atoms with Gasteiger partial charge in [0.15, 0.2) is 0 Å². The van der Waals surface area contributed by atoms with Gasteiger partial charge in [0, 0.05) is 45.0 Å². The van der Waals surface area contributed by atoms with Crippen LogP contribution in [0.3, 0.4) is 0 Å². The largest absolute Gasteiger partial charge is 0.341 e. The third-order valence-electron chi connectivity index (χ3n) is 3.12. The lowest BCUT2D eigenvalue weighted by atomic mass is 10.2. The number of nitrogens with one attached hydrogen (secondary N) is 1. The fourth-order valence-corrected chi connectivity index (χ4v) is 1.99. The molecule has 0 spiro atoms. The molecule has 1 aromatic heterocycles. The molecule has 0 aliphatic carbocycles. The lowest BCUT2D eigenvalue weighted by Crippen LogP contribution is -2.38. The maximum absolute atomic E-state index is 11.9. The van der Waals surface area contributed by atoms with Crippen LogP contribution in [0.2, 0.25) is 0 Å². The molecule has 0 bridgehead atoms. The van der Waals surface area contributed by atoms with Crippen LogP contribution in [0.1, 0.15) is 12.8 Å². The van der Waals surface area contributed by atoms with Crippen LogP contribution in [0.25, 0.3) is 0 Å². The number of carbonyl (C=O) groups is 1. The molecule has 1 aliphatic rings. The van der Waals surface area contributed by atoms with Gasteiger partial charge in [0.2, 0.25) is 5.91 Å². The number of hydrogen-bond donors (Lipinski definition) is 1. The number of imidazole rings is 1. The lowest BCUT2D eigenvalue weighted by molar-refractivity contribution is -0.131. The Morgan fingerprint density at radius 2 is 2.56 bits per heavy atom. The quantitative estimate of drug-likeness (QED) is 0.785. The van der Waals surface area contributed by atoms with E-state index in [1.165, 1.54) is 0 Å². The van der Waals surface area contributed by atoms with Crippen LogP contribution in [0.5, 0.6) is 0 Å². The Bertz CT molecular complexity index is 330. The van der Waals surface area contributed by atoms with Gasteiger partial charge >= 0.3 is 0 Å². The average molecular weight is 222 g/mol. The van der Waals surface area contributed by atoms with Crippen molar-refractivity contribution >= 4 is 5.91 Å². The molecule has 0 aromatic carbocycles. The second kappa shape index (κ2) is 5.12. The van der Waals surface area contributed by atoms with Crippen molar-refractivity contribution in [3.05, 3.63) is 18.7 Å². The summed E-state index contributed by atoms with van der Waals surface area (Å²) in [6, 6.07) is 0.371. The second-order valence-electron chi connectivity index (χ2n) is 4.20. The number of nitrogens with zero attached hydrogens (tertiary/aromatic N) is 3. The van der Waals surface area contributed by atoms with E-state index in [-0.39, 0.29) is 5.91 Å². The maximum Gasteiger partial charge on any atom is 0.224 e. The van der Waals surface area contributed by atoms with Gasteiger partial charge < -0.3 is 14.8 Å². The average Bonchev–Trinajstić information content (AvgIpc) is 2.96. The van der Waals surface area contributed by atoms with E-state index in [4.69, 9.17) is 0 Å². The first-order valence-corrected chi connectivity index (χ1v) is 5.69. The summed E-state index contributed by atoms with van der Waals surface area (Å²) in [6.45, 7) is 2.65. The number of aryl methyl sites for hydroxylation is 1. The molecule has 1 unspecified atom stereocenters. The fraction of sp³-hybridized carbons (Fsp3) is 0.636. The topological polar surface area (TPSA) is 50.2 Å². The number of carbonyl (C=O) groups excluding carboxylic acids is 1. The summed E-state index contributed by atoms with van der Waals surface area (Å²) in [7, 11) is 1.90. The third kappa shape index (κ3) is 2.61. The van der Waals surface area contributed by atoms with Gasteiger partial charge in [-0.05, 0) is 13.0 Å². The first kappa shape index (κ1) is 11.1. The van der Waals surface area contributed by atoms with Crippen molar-refractivity contribution in [2.45, 2.75) is 25.4 Å². The molecule has 1 N–H and O–H groups in total. The molecular weight excluding hydrogens is 204 g/mol. The number of rotatable bonds is 4. The van der Waals surface area contributed by atoms with Crippen LogP contribution < -0.4 is 5.32 Å². The van der Waals surface area contributed by atoms with Gasteiger partial charge in [-0.1, -0.05) is 0 Å². The Hall–Kier alpha value is -1.36. The highest BCUT2D eigenvalue weighted by Crippen LogP contribution is 2.08. The minimum absolute atomic E-state index is 0.211. The molecule has 1 atom stereocenters. The number of likely N-dealkylation sites (N-methyl/N-ethyl adjacent to an activating group) is 1. The van der Waals surface area contributed by atoms with Gasteiger partial charge in [-0.2, -0.15) is 0 Å². The Morgan fingerprint density at radius 1 is 1.69 bits per heavy atom. The molecule has 88 valence electrons. The summed E-state index contributed by atoms with van der Waals surface area (Å²) in [5.41, 5.74) is 0. The molecule has 0 saturated carbocycles. The van der Waals surface area contributed by atoms with Crippen molar-refractivity contribution in [3.63, 3.8) is 0 Å². The third-order valence-corrected chi connectivity index (χ3v) is 3.12. The van der Waals surface area contributed by atoms with Gasteiger partial charge in [-0.25, -0.2) is 4.98 Å². The Kier molecular flexibility index (Phi) is 3.56. The highest BCUT2D eigenvalue weighted by atomic mass is 16.2. The van der Waals surface area contributed by atoms with Crippen LogP contribution in [0.4, 0.5) is 0 Å². The van der Waals surface area contributed by atoms with Gasteiger partial charge in [-0.15, -0.1) is 0 Å². The van der Waals surface area contributed by atoms with Crippen molar-refractivity contribution < 1.29 is 4.79 Å². The molecule has 1 fully saturated rings. The predicted octanol–water partition coefficient (Wildman–Crippen LogP) is 0.0935. The van der Waals surface area contributed by atoms with E-state index in [0.29, 0.717) is 19.0 Å². The summed E-state index contributed by atoms with van der Waals surface area (Å²) < 4.78 is 1.93. The molecule has 1 saturated heterocycles. The van der Waals surface area contributed by atoms with E-state index >= 15 is 0 Å². The first-order chi connectivity index (χ1) is 7.77. The van der Waals surface area contributed by atoms with E-state index in [0.717, 1.165) is 19.5 Å². The van der Waals surface area contributed by atoms with Gasteiger partial charge in [-0.3, -0.25) is 4.79 Å². The molecule has 5 heteroatoms. The van der Waals surface area contributed by atoms with Crippen LogP contribution in [-0.2, 0) is 11.3 Å². The van der Waals surface area contributed by atoms with E-state index in [2.05, 4.69) is 10.3 Å². The smallest absolute Gasteiger partial charge is 0.224 e. The minimum Gasteiger partial charge on any atom is -0.341 e. The molecule has 0 radical (unpaired) electrons. The molecule has 5 nitrogen and oxygen atoms in total. The summed E-state index contributed by atoms with van der Waals surface area (Å²) >= 11 is 0. The standard InChI is InChI=1S/C11H18N4O/c1-14(10-2-4-12-8-10)11(16)3-6-15-7-5-13-9-15/h5,7,9-10,12H,2-4,6,8H2,1H3. The second-order valence-corrected chi connectivity index (χ2v) is 4.20. The Morgan fingerprint density at radius 3 is 3.19 bits per heavy atom. The van der Waals surface area contributed by atoms with Gasteiger partial charge in [0.25, 0.3) is 0 Å². The lowest BCUT2D eigenvalue weighted by Gasteiger charge is -2.23. The monoisotopic (exact) mass is 222 g/mol.